The largest absolute Gasteiger partial charge is 0.307 e. The molecule has 3 aromatic heterocycles. The van der Waals surface area contributed by atoms with Crippen molar-refractivity contribution in [2.45, 2.75) is 13.8 Å². The first kappa shape index (κ1) is 44.4. The van der Waals surface area contributed by atoms with Crippen LogP contribution >= 0.6 is 0 Å². The van der Waals surface area contributed by atoms with E-state index in [9.17, 15) is 26.3 Å². The van der Waals surface area contributed by atoms with Crippen molar-refractivity contribution in [1.82, 2.24) is 14.1 Å². The van der Waals surface area contributed by atoms with Gasteiger partial charge in [-0.15, -0.1) is 0 Å². The fraction of sp³-hybridized carbons (Fsp3) is 0.0303. The molecule has 0 amide bonds. The van der Waals surface area contributed by atoms with Crippen molar-refractivity contribution < 1.29 is 0 Å². The summed E-state index contributed by atoms with van der Waals surface area (Å²) in [6.07, 6.45) is 0. The fourth-order valence-corrected chi connectivity index (χ4v) is 10.6. The molecule has 74 heavy (non-hydrogen) atoms. The van der Waals surface area contributed by atoms with Gasteiger partial charge in [0.15, 0.2) is 0 Å². The average Bonchev–Trinajstić information content (AvgIpc) is 3.96. The Hall–Kier alpha value is -10.8. The summed E-state index contributed by atoms with van der Waals surface area (Å²) >= 11 is 0. The van der Waals surface area contributed by atoms with Crippen LogP contribution in [0.2, 0.25) is 0 Å². The second-order valence-electron chi connectivity index (χ2n) is 18.5. The van der Waals surface area contributed by atoms with Crippen molar-refractivity contribution in [2.75, 3.05) is 0 Å². The van der Waals surface area contributed by atoms with Gasteiger partial charge in [-0.2, -0.15) is 26.3 Å². The lowest BCUT2D eigenvalue weighted by atomic mass is 9.97. The number of benzene rings is 9. The number of fused-ring (bicyclic) bond motifs is 6. The number of aromatic nitrogens is 3. The minimum absolute atomic E-state index is 0.461. The Balaban J connectivity index is 1.26. The van der Waals surface area contributed by atoms with Crippen LogP contribution < -0.4 is 0 Å². The molecule has 0 atom stereocenters. The summed E-state index contributed by atoms with van der Waals surface area (Å²) < 4.78 is 4.54. The minimum atomic E-state index is 0.461. The first-order chi connectivity index (χ1) is 36.2. The second-order valence-corrected chi connectivity index (χ2v) is 18.5. The van der Waals surface area contributed by atoms with Gasteiger partial charge in [0.1, 0.15) is 0 Å². The van der Waals surface area contributed by atoms with Crippen molar-refractivity contribution in [1.29, 1.82) is 26.3 Å². The molecular weight excluding hydrogens is 905 g/mol. The maximum atomic E-state index is 11.3. The van der Waals surface area contributed by atoms with Crippen LogP contribution in [0.3, 0.4) is 0 Å². The Morgan fingerprint density at radius 3 is 0.932 bits per heavy atom. The van der Waals surface area contributed by atoms with E-state index in [4.69, 9.17) is 4.98 Å². The number of rotatable bonds is 7. The quantitative estimate of drug-likeness (QED) is 0.156. The van der Waals surface area contributed by atoms with Gasteiger partial charge in [0, 0.05) is 38.5 Å². The van der Waals surface area contributed by atoms with Crippen molar-refractivity contribution in [3.8, 4) is 97.4 Å². The molecule has 0 aliphatic heterocycles. The number of hydrogen-bond acceptors (Lipinski definition) is 6. The number of aryl methyl sites for hydroxylation is 2. The van der Waals surface area contributed by atoms with Gasteiger partial charge in [-0.05, 0) is 161 Å². The number of pyridine rings is 1. The van der Waals surface area contributed by atoms with E-state index in [1.54, 1.807) is 24.3 Å². The van der Waals surface area contributed by atoms with Crippen LogP contribution in [0.15, 0.2) is 194 Å². The molecule has 8 nitrogen and oxygen atoms in total. The number of nitrogens with zero attached hydrogens (tertiary/aromatic N) is 8. The van der Waals surface area contributed by atoms with Gasteiger partial charge in [0.05, 0.1) is 91.6 Å². The topological polar surface area (TPSA) is 142 Å². The van der Waals surface area contributed by atoms with E-state index in [2.05, 4.69) is 118 Å². The van der Waals surface area contributed by atoms with Crippen LogP contribution in [-0.4, -0.2) is 14.1 Å². The first-order valence-corrected chi connectivity index (χ1v) is 24.0. The lowest BCUT2D eigenvalue weighted by Crippen LogP contribution is -2.06. The molecule has 12 rings (SSSR count). The molecule has 0 aliphatic rings. The molecule has 9 aromatic carbocycles. The SMILES string of the molecule is Cc1cc(-c2cc(-n3c4cc(-c5cccc(C#N)c5)ccc4c4ccc(-c5cccc(C#N)c5)cc43)c(-n3c4cc(-c5cccc(C#N)c5)ccc4c4ccc(-c5cccc(C#N)c5)cc43)cc2C#N)cc(C)n1. The highest BCUT2D eigenvalue weighted by atomic mass is 15.1. The zero-order valence-corrected chi connectivity index (χ0v) is 40.1. The van der Waals surface area contributed by atoms with E-state index < -0.39 is 0 Å². The molecule has 0 fully saturated rings. The fourth-order valence-electron chi connectivity index (χ4n) is 10.6. The van der Waals surface area contributed by atoms with Gasteiger partial charge in [-0.3, -0.25) is 4.98 Å². The first-order valence-electron chi connectivity index (χ1n) is 24.0. The molecule has 0 radical (unpaired) electrons. The van der Waals surface area contributed by atoms with E-state index in [1.165, 1.54) is 0 Å². The Morgan fingerprint density at radius 2 is 0.622 bits per heavy atom. The molecule has 0 saturated heterocycles. The lowest BCUT2D eigenvalue weighted by Gasteiger charge is -2.20. The van der Waals surface area contributed by atoms with Crippen LogP contribution in [0.4, 0.5) is 0 Å². The van der Waals surface area contributed by atoms with E-state index in [-0.39, 0.29) is 0 Å². The highest BCUT2D eigenvalue weighted by Crippen LogP contribution is 2.44. The highest BCUT2D eigenvalue weighted by Gasteiger charge is 2.24. The van der Waals surface area contributed by atoms with E-state index in [1.807, 2.05) is 105 Å². The Bertz CT molecular complexity index is 4340. The Kier molecular flexibility index (Phi) is 10.7. The molecule has 0 unspecified atom stereocenters. The normalized spacial score (nSPS) is 11.0. The highest BCUT2D eigenvalue weighted by molar-refractivity contribution is 6.14. The van der Waals surface area contributed by atoms with Crippen LogP contribution in [0.25, 0.3) is 111 Å². The molecular formula is C66H38N8. The summed E-state index contributed by atoms with van der Waals surface area (Å²) in [5, 5.41) is 55.2. The van der Waals surface area contributed by atoms with Crippen LogP contribution in [-0.2, 0) is 0 Å². The summed E-state index contributed by atoms with van der Waals surface area (Å²) in [4.78, 5) is 4.72. The molecule has 0 N–H and O–H groups in total. The molecule has 3 heterocycles. The summed E-state index contributed by atoms with van der Waals surface area (Å²) in [5.41, 5.74) is 18.2. The van der Waals surface area contributed by atoms with Crippen molar-refractivity contribution in [3.05, 3.63) is 233 Å². The summed E-state index contributed by atoms with van der Waals surface area (Å²) in [6.45, 7) is 3.92. The van der Waals surface area contributed by atoms with Gasteiger partial charge in [-0.25, -0.2) is 0 Å². The molecule has 12 aromatic rings. The lowest BCUT2D eigenvalue weighted by molar-refractivity contribution is 1.09. The number of hydrogen-bond donors (Lipinski definition) is 0. The second kappa shape index (κ2) is 17.9. The molecule has 0 bridgehead atoms. The standard InChI is InChI=1S/C66H38N8/c1-40-23-54(24-41(2)72-40)60-34-66(74-63-31-52(48-13-5-9-44(27-48)37-69)17-21-58(63)59-22-18-53(32-64(59)74)49-14-6-10-45(28-49)38-70)65(33-55(60)39-71)73-61-29-50(46-11-3-7-42(25-46)35-67)15-19-56(61)57-20-16-51(30-62(57)73)47-12-4-8-43(26-47)36-68/h3-34H,1-2H3. The minimum Gasteiger partial charge on any atom is -0.307 e. The third-order valence-corrected chi connectivity index (χ3v) is 13.9. The zero-order chi connectivity index (χ0) is 50.6. The molecule has 0 aliphatic carbocycles. The Labute approximate surface area is 426 Å². The third kappa shape index (κ3) is 7.56. The maximum Gasteiger partial charge on any atom is 0.0998 e. The van der Waals surface area contributed by atoms with Crippen molar-refractivity contribution in [2.24, 2.45) is 0 Å². The van der Waals surface area contributed by atoms with Crippen LogP contribution in [0.5, 0.6) is 0 Å². The van der Waals surface area contributed by atoms with Gasteiger partial charge in [-0.1, -0.05) is 97.1 Å². The zero-order valence-electron chi connectivity index (χ0n) is 40.1. The molecule has 8 heteroatoms. The maximum absolute atomic E-state index is 11.3. The summed E-state index contributed by atoms with van der Waals surface area (Å²) in [7, 11) is 0. The smallest absolute Gasteiger partial charge is 0.0998 e. The van der Waals surface area contributed by atoms with Crippen molar-refractivity contribution in [3.63, 3.8) is 0 Å². The van der Waals surface area contributed by atoms with Crippen molar-refractivity contribution >= 4 is 43.6 Å². The van der Waals surface area contributed by atoms with Gasteiger partial charge >= 0.3 is 0 Å². The molecule has 0 saturated carbocycles. The number of nitriles is 5. The van der Waals surface area contributed by atoms with Gasteiger partial charge < -0.3 is 9.13 Å². The molecule has 0 spiro atoms. The monoisotopic (exact) mass is 942 g/mol. The van der Waals surface area contributed by atoms with E-state index in [0.717, 1.165) is 122 Å². The average molecular weight is 943 g/mol. The summed E-state index contributed by atoms with van der Waals surface area (Å²) in [6, 6.07) is 76.0. The van der Waals surface area contributed by atoms with Crippen LogP contribution in [0.1, 0.15) is 39.2 Å². The van der Waals surface area contributed by atoms with Gasteiger partial charge in [0.2, 0.25) is 0 Å². The Morgan fingerprint density at radius 1 is 0.311 bits per heavy atom. The van der Waals surface area contributed by atoms with Crippen LogP contribution in [0, 0.1) is 70.5 Å². The predicted octanol–water partition coefficient (Wildman–Crippen LogP) is 15.6. The third-order valence-electron chi connectivity index (χ3n) is 13.9. The van der Waals surface area contributed by atoms with E-state index >= 15 is 0 Å². The predicted molar refractivity (Wildman–Crippen MR) is 293 cm³/mol. The van der Waals surface area contributed by atoms with Gasteiger partial charge in [0.25, 0.3) is 0 Å². The summed E-state index contributed by atoms with van der Waals surface area (Å²) in [5.74, 6) is 0. The molecule has 342 valence electrons. The van der Waals surface area contributed by atoms with E-state index in [0.29, 0.717) is 27.8 Å².